The maximum Gasteiger partial charge on any atom is 0.341 e. The first kappa shape index (κ1) is 21.1. The Bertz CT molecular complexity index is 1030. The van der Waals surface area contributed by atoms with Crippen LogP contribution in [-0.2, 0) is 9.53 Å². The van der Waals surface area contributed by atoms with Crippen LogP contribution in [0.1, 0.15) is 33.5 Å². The van der Waals surface area contributed by atoms with Gasteiger partial charge in [-0.1, -0.05) is 30.0 Å². The van der Waals surface area contributed by atoms with Crippen molar-refractivity contribution >= 4 is 40.0 Å². The van der Waals surface area contributed by atoms with Gasteiger partial charge in [0.25, 0.3) is 0 Å². The summed E-state index contributed by atoms with van der Waals surface area (Å²) < 4.78 is 7.03. The average Bonchev–Trinajstić information content (AvgIpc) is 3.20. The Morgan fingerprint density at radius 2 is 1.90 bits per heavy atom. The van der Waals surface area contributed by atoms with Crippen molar-refractivity contribution in [3.8, 4) is 5.69 Å². The van der Waals surface area contributed by atoms with E-state index in [-0.39, 0.29) is 18.3 Å². The summed E-state index contributed by atoms with van der Waals surface area (Å²) >= 11 is 2.67. The number of amides is 1. The highest BCUT2D eigenvalue weighted by molar-refractivity contribution is 7.99. The lowest BCUT2D eigenvalue weighted by atomic mass is 10.1. The maximum atomic E-state index is 12.6. The minimum absolute atomic E-state index is 0.142. The van der Waals surface area contributed by atoms with Gasteiger partial charge in [0.05, 0.1) is 17.9 Å². The number of ether oxygens (including phenoxy) is 1. The molecule has 3 rings (SSSR count). The van der Waals surface area contributed by atoms with Crippen LogP contribution in [-0.4, -0.2) is 39.0 Å². The molecule has 0 spiro atoms. The van der Waals surface area contributed by atoms with Crippen LogP contribution in [0.25, 0.3) is 5.69 Å². The Labute approximate surface area is 177 Å². The van der Waals surface area contributed by atoms with E-state index in [4.69, 9.17) is 4.74 Å². The fraction of sp³-hybridized carbons (Fsp3) is 0.300. The van der Waals surface area contributed by atoms with E-state index in [1.165, 1.54) is 23.1 Å². The molecule has 1 aromatic carbocycles. The first-order valence-electron chi connectivity index (χ1n) is 9.09. The lowest BCUT2D eigenvalue weighted by Gasteiger charge is -2.09. The maximum absolute atomic E-state index is 12.6. The number of aryl methyl sites for hydroxylation is 2. The van der Waals surface area contributed by atoms with Gasteiger partial charge in [0.15, 0.2) is 5.16 Å². The normalized spacial score (nSPS) is 10.8. The molecule has 9 heteroatoms. The third kappa shape index (κ3) is 4.68. The van der Waals surface area contributed by atoms with Gasteiger partial charge in [-0.05, 0) is 45.4 Å². The van der Waals surface area contributed by atoms with Crippen LogP contribution < -0.4 is 5.32 Å². The fourth-order valence-corrected chi connectivity index (χ4v) is 4.63. The van der Waals surface area contributed by atoms with E-state index in [0.717, 1.165) is 22.0 Å². The molecule has 0 radical (unpaired) electrons. The molecular weight excluding hydrogens is 408 g/mol. The monoisotopic (exact) mass is 430 g/mol. The molecule has 2 heterocycles. The fourth-order valence-electron chi connectivity index (χ4n) is 2.77. The molecule has 0 aliphatic rings. The molecule has 0 saturated heterocycles. The van der Waals surface area contributed by atoms with Crippen molar-refractivity contribution in [1.82, 2.24) is 14.8 Å². The summed E-state index contributed by atoms with van der Waals surface area (Å²) in [5.41, 5.74) is 2.19. The van der Waals surface area contributed by atoms with E-state index in [9.17, 15) is 9.59 Å². The second-order valence-corrected chi connectivity index (χ2v) is 8.41. The summed E-state index contributed by atoms with van der Waals surface area (Å²) in [6.07, 6.45) is 0. The first-order valence-corrected chi connectivity index (χ1v) is 10.9. The number of anilines is 1. The van der Waals surface area contributed by atoms with Crippen LogP contribution >= 0.6 is 23.1 Å². The minimum Gasteiger partial charge on any atom is -0.462 e. The Morgan fingerprint density at radius 3 is 2.59 bits per heavy atom. The van der Waals surface area contributed by atoms with Gasteiger partial charge >= 0.3 is 5.97 Å². The number of hydrogen-bond acceptors (Lipinski definition) is 7. The quantitative estimate of drug-likeness (QED) is 0.447. The molecule has 0 aliphatic heterocycles. The van der Waals surface area contributed by atoms with Gasteiger partial charge in [-0.25, -0.2) is 4.79 Å². The Morgan fingerprint density at radius 1 is 1.17 bits per heavy atom. The molecule has 0 atom stereocenters. The van der Waals surface area contributed by atoms with Crippen molar-refractivity contribution in [2.75, 3.05) is 17.7 Å². The third-order valence-corrected chi connectivity index (χ3v) is 6.31. The zero-order chi connectivity index (χ0) is 21.0. The predicted molar refractivity (Wildman–Crippen MR) is 115 cm³/mol. The molecule has 3 aromatic rings. The average molecular weight is 431 g/mol. The SMILES string of the molecule is CCOC(=O)c1c(NC(=O)CSc2nnc(C)n2-c2ccccc2)sc(C)c1C. The topological polar surface area (TPSA) is 86.1 Å². The largest absolute Gasteiger partial charge is 0.462 e. The van der Waals surface area contributed by atoms with Gasteiger partial charge in [0.2, 0.25) is 5.91 Å². The number of aromatic nitrogens is 3. The molecule has 2 aromatic heterocycles. The molecule has 1 amide bonds. The van der Waals surface area contributed by atoms with Crippen molar-refractivity contribution in [3.05, 3.63) is 52.2 Å². The van der Waals surface area contributed by atoms with Crippen LogP contribution in [0.3, 0.4) is 0 Å². The van der Waals surface area contributed by atoms with E-state index < -0.39 is 5.97 Å². The summed E-state index contributed by atoms with van der Waals surface area (Å²) in [5, 5.41) is 12.3. The van der Waals surface area contributed by atoms with Gasteiger partial charge in [-0.2, -0.15) is 0 Å². The standard InChI is InChI=1S/C20H22N4O3S2/c1-5-27-19(26)17-12(2)13(3)29-18(17)21-16(25)11-28-20-23-22-14(4)24(20)15-9-7-6-8-10-15/h6-10H,5,11H2,1-4H3,(H,21,25). The zero-order valence-corrected chi connectivity index (χ0v) is 18.3. The number of carbonyl (C=O) groups is 2. The number of hydrogen-bond donors (Lipinski definition) is 1. The molecule has 0 unspecified atom stereocenters. The number of thiophene rings is 1. The number of rotatable bonds is 7. The molecule has 1 N–H and O–H groups in total. The summed E-state index contributed by atoms with van der Waals surface area (Å²) in [6, 6.07) is 9.74. The molecule has 29 heavy (non-hydrogen) atoms. The Hall–Kier alpha value is -2.65. The molecule has 7 nitrogen and oxygen atoms in total. The van der Waals surface area contributed by atoms with Gasteiger partial charge in [-0.3, -0.25) is 9.36 Å². The molecule has 0 bridgehead atoms. The van der Waals surface area contributed by atoms with Crippen LogP contribution in [0.15, 0.2) is 35.5 Å². The summed E-state index contributed by atoms with van der Waals surface area (Å²) in [6.45, 7) is 7.68. The lowest BCUT2D eigenvalue weighted by Crippen LogP contribution is -2.16. The highest BCUT2D eigenvalue weighted by Crippen LogP contribution is 2.33. The van der Waals surface area contributed by atoms with E-state index in [2.05, 4.69) is 15.5 Å². The molecule has 0 fully saturated rings. The van der Waals surface area contributed by atoms with E-state index >= 15 is 0 Å². The zero-order valence-electron chi connectivity index (χ0n) is 16.7. The smallest absolute Gasteiger partial charge is 0.341 e. The summed E-state index contributed by atoms with van der Waals surface area (Å²) in [5.74, 6) is 0.246. The van der Waals surface area contributed by atoms with Crippen LogP contribution in [0, 0.1) is 20.8 Å². The van der Waals surface area contributed by atoms with E-state index in [1.54, 1.807) is 6.92 Å². The van der Waals surface area contributed by atoms with Gasteiger partial charge < -0.3 is 10.1 Å². The number of nitrogens with one attached hydrogen (secondary N) is 1. The number of esters is 1. The van der Waals surface area contributed by atoms with Gasteiger partial charge in [0.1, 0.15) is 10.8 Å². The molecule has 0 saturated carbocycles. The molecule has 152 valence electrons. The van der Waals surface area contributed by atoms with E-state index in [0.29, 0.717) is 15.7 Å². The highest BCUT2D eigenvalue weighted by atomic mass is 32.2. The number of carbonyl (C=O) groups excluding carboxylic acids is 2. The lowest BCUT2D eigenvalue weighted by molar-refractivity contribution is -0.113. The number of nitrogens with zero attached hydrogens (tertiary/aromatic N) is 3. The van der Waals surface area contributed by atoms with Crippen molar-refractivity contribution in [3.63, 3.8) is 0 Å². The molecular formula is C20H22N4O3S2. The summed E-state index contributed by atoms with van der Waals surface area (Å²) in [4.78, 5) is 25.8. The first-order chi connectivity index (χ1) is 13.9. The minimum atomic E-state index is -0.420. The second kappa shape index (κ2) is 9.23. The summed E-state index contributed by atoms with van der Waals surface area (Å²) in [7, 11) is 0. The molecule has 0 aliphatic carbocycles. The highest BCUT2D eigenvalue weighted by Gasteiger charge is 2.22. The van der Waals surface area contributed by atoms with E-state index in [1.807, 2.05) is 55.7 Å². The van der Waals surface area contributed by atoms with Crippen molar-refractivity contribution in [2.45, 2.75) is 32.9 Å². The number of thioether (sulfide) groups is 1. The van der Waals surface area contributed by atoms with Crippen molar-refractivity contribution in [2.24, 2.45) is 0 Å². The number of para-hydroxylation sites is 1. The predicted octanol–water partition coefficient (Wildman–Crippen LogP) is 4.16. The third-order valence-electron chi connectivity index (χ3n) is 4.26. The van der Waals surface area contributed by atoms with Crippen LogP contribution in [0.5, 0.6) is 0 Å². The van der Waals surface area contributed by atoms with Crippen molar-refractivity contribution < 1.29 is 14.3 Å². The van der Waals surface area contributed by atoms with Gasteiger partial charge in [-0.15, -0.1) is 21.5 Å². The van der Waals surface area contributed by atoms with Crippen LogP contribution in [0.2, 0.25) is 0 Å². The second-order valence-electron chi connectivity index (χ2n) is 6.25. The van der Waals surface area contributed by atoms with Crippen molar-refractivity contribution in [1.29, 1.82) is 0 Å². The van der Waals surface area contributed by atoms with Crippen LogP contribution in [0.4, 0.5) is 5.00 Å². The Balaban J connectivity index is 1.73. The number of benzene rings is 1. The Kier molecular flexibility index (Phi) is 6.71. The van der Waals surface area contributed by atoms with Gasteiger partial charge in [0, 0.05) is 10.6 Å².